The molecule has 1 heterocycles. The number of hydrogen-bond acceptors (Lipinski definition) is 3. The highest BCUT2D eigenvalue weighted by molar-refractivity contribution is 7.80. The van der Waals surface area contributed by atoms with E-state index in [1.54, 1.807) is 13.8 Å². The van der Waals surface area contributed by atoms with Gasteiger partial charge >= 0.3 is 0 Å². The smallest absolute Gasteiger partial charge is 0.233 e. The number of imide groups is 1. The zero-order valence-electron chi connectivity index (χ0n) is 11.1. The van der Waals surface area contributed by atoms with E-state index in [4.69, 9.17) is 18.0 Å². The van der Waals surface area contributed by atoms with Crippen LogP contribution >= 0.6 is 12.2 Å². The third kappa shape index (κ3) is 1.76. The number of nitrogens with zero attached hydrogens (tertiary/aromatic N) is 1. The fourth-order valence-corrected chi connectivity index (χ4v) is 3.21. The van der Waals surface area contributed by atoms with Crippen LogP contribution in [0.3, 0.4) is 0 Å². The number of rotatable bonds is 3. The number of nitrogens with two attached hydrogens (primary N) is 1. The van der Waals surface area contributed by atoms with Gasteiger partial charge in [0.25, 0.3) is 0 Å². The lowest BCUT2D eigenvalue weighted by Crippen LogP contribution is -2.55. The maximum atomic E-state index is 12.4. The van der Waals surface area contributed by atoms with Gasteiger partial charge in [-0.05, 0) is 32.6 Å². The zero-order valence-corrected chi connectivity index (χ0v) is 11.9. The van der Waals surface area contributed by atoms with Crippen LogP contribution in [-0.2, 0) is 9.59 Å². The van der Waals surface area contributed by atoms with E-state index in [0.29, 0.717) is 5.92 Å². The molecule has 1 saturated heterocycles. The molecule has 2 fully saturated rings. The highest BCUT2D eigenvalue weighted by Crippen LogP contribution is 2.46. The number of thiocarbonyl (C=S) groups is 1. The Balaban J connectivity index is 2.27. The number of likely N-dealkylation sites (tertiary alicyclic amines) is 1. The van der Waals surface area contributed by atoms with E-state index < -0.39 is 5.54 Å². The predicted molar refractivity (Wildman–Crippen MR) is 72.7 cm³/mol. The summed E-state index contributed by atoms with van der Waals surface area (Å²) in [6, 6.07) is 0. The van der Waals surface area contributed by atoms with E-state index >= 15 is 0 Å². The van der Waals surface area contributed by atoms with Gasteiger partial charge in [-0.1, -0.05) is 25.6 Å². The summed E-state index contributed by atoms with van der Waals surface area (Å²) in [6.07, 6.45) is 2.69. The number of hydrogen-bond donors (Lipinski definition) is 1. The molecule has 100 valence electrons. The summed E-state index contributed by atoms with van der Waals surface area (Å²) < 4.78 is 0. The van der Waals surface area contributed by atoms with Crippen LogP contribution in [0, 0.1) is 17.8 Å². The van der Waals surface area contributed by atoms with Crippen molar-refractivity contribution >= 4 is 29.0 Å². The number of amides is 2. The Bertz CT molecular complexity index is 395. The predicted octanol–water partition coefficient (Wildman–Crippen LogP) is 1.47. The molecular weight excluding hydrogens is 248 g/mol. The molecule has 4 nitrogen and oxygen atoms in total. The lowest BCUT2D eigenvalue weighted by atomic mass is 9.99. The first-order chi connectivity index (χ1) is 8.30. The second kappa shape index (κ2) is 4.30. The van der Waals surface area contributed by atoms with Gasteiger partial charge in [0.1, 0.15) is 0 Å². The highest BCUT2D eigenvalue weighted by atomic mass is 32.1. The average molecular weight is 268 g/mol. The Hall–Kier alpha value is -0.970. The summed E-state index contributed by atoms with van der Waals surface area (Å²) >= 11 is 4.98. The van der Waals surface area contributed by atoms with Gasteiger partial charge in [-0.3, -0.25) is 14.5 Å². The second-order valence-corrected chi connectivity index (χ2v) is 6.33. The molecule has 2 amide bonds. The van der Waals surface area contributed by atoms with Crippen LogP contribution in [0.1, 0.15) is 40.0 Å². The molecule has 1 saturated carbocycles. The van der Waals surface area contributed by atoms with Crippen molar-refractivity contribution in [2.24, 2.45) is 23.5 Å². The molecule has 0 spiro atoms. The maximum absolute atomic E-state index is 12.4. The fourth-order valence-electron chi connectivity index (χ4n) is 3.12. The molecule has 0 aromatic rings. The van der Waals surface area contributed by atoms with E-state index in [2.05, 4.69) is 6.92 Å². The van der Waals surface area contributed by atoms with E-state index in [0.717, 1.165) is 19.3 Å². The van der Waals surface area contributed by atoms with Gasteiger partial charge in [0.05, 0.1) is 22.4 Å². The van der Waals surface area contributed by atoms with Crippen LogP contribution in [0.25, 0.3) is 0 Å². The monoisotopic (exact) mass is 268 g/mol. The molecule has 18 heavy (non-hydrogen) atoms. The molecule has 0 aromatic heterocycles. The van der Waals surface area contributed by atoms with Gasteiger partial charge in [-0.15, -0.1) is 0 Å². The molecule has 2 atom stereocenters. The summed E-state index contributed by atoms with van der Waals surface area (Å²) in [6.45, 7) is 5.59. The van der Waals surface area contributed by atoms with Crippen molar-refractivity contribution in [3.8, 4) is 0 Å². The largest absolute Gasteiger partial charge is 0.391 e. The Kier molecular flexibility index (Phi) is 3.21. The number of fused-ring (bicyclic) bond motifs is 1. The minimum atomic E-state index is -0.852. The van der Waals surface area contributed by atoms with Gasteiger partial charge in [0, 0.05) is 0 Å². The van der Waals surface area contributed by atoms with Crippen LogP contribution in [0.2, 0.25) is 0 Å². The van der Waals surface area contributed by atoms with Gasteiger partial charge in [-0.25, -0.2) is 0 Å². The van der Waals surface area contributed by atoms with Crippen molar-refractivity contribution in [1.82, 2.24) is 4.90 Å². The van der Waals surface area contributed by atoms with E-state index in [1.165, 1.54) is 4.90 Å². The molecule has 1 aliphatic heterocycles. The quantitative estimate of drug-likeness (QED) is 0.622. The number of carbonyl (C=O) groups is 2. The van der Waals surface area contributed by atoms with Crippen LogP contribution in [-0.4, -0.2) is 27.2 Å². The molecule has 2 aliphatic rings. The standard InChI is InChI=1S/C13H20N2O2S/c1-4-7-5-8-9(6-7)11(17)15(10(8)16)13(2,3)12(14)18/h7-9H,4-6H2,1-3H3,(H2,14,18). The van der Waals surface area contributed by atoms with E-state index in [1.807, 2.05) is 0 Å². The van der Waals surface area contributed by atoms with E-state index in [-0.39, 0.29) is 28.6 Å². The lowest BCUT2D eigenvalue weighted by molar-refractivity contribution is -0.144. The Morgan fingerprint density at radius 2 is 1.78 bits per heavy atom. The molecule has 2 unspecified atom stereocenters. The number of carbonyl (C=O) groups excluding carboxylic acids is 2. The minimum Gasteiger partial charge on any atom is -0.391 e. The molecule has 1 aliphatic carbocycles. The lowest BCUT2D eigenvalue weighted by Gasteiger charge is -2.33. The zero-order chi connectivity index (χ0) is 13.7. The third-order valence-electron chi connectivity index (χ3n) is 4.47. The molecule has 0 aromatic carbocycles. The highest BCUT2D eigenvalue weighted by Gasteiger charge is 2.56. The average Bonchev–Trinajstić information content (AvgIpc) is 2.80. The maximum Gasteiger partial charge on any atom is 0.233 e. The fraction of sp³-hybridized carbons (Fsp3) is 0.769. The van der Waals surface area contributed by atoms with Crippen molar-refractivity contribution in [1.29, 1.82) is 0 Å². The summed E-state index contributed by atoms with van der Waals surface area (Å²) in [4.78, 5) is 26.3. The molecule has 0 radical (unpaired) electrons. The van der Waals surface area contributed by atoms with E-state index in [9.17, 15) is 9.59 Å². The van der Waals surface area contributed by atoms with Crippen molar-refractivity contribution < 1.29 is 9.59 Å². The molecule has 2 N–H and O–H groups in total. The first-order valence-corrected chi connectivity index (χ1v) is 6.89. The second-order valence-electron chi connectivity index (χ2n) is 5.89. The van der Waals surface area contributed by atoms with Gasteiger partial charge < -0.3 is 5.73 Å². The van der Waals surface area contributed by atoms with Crippen LogP contribution < -0.4 is 5.73 Å². The Morgan fingerprint density at radius 1 is 1.33 bits per heavy atom. The molecule has 0 bridgehead atoms. The summed E-state index contributed by atoms with van der Waals surface area (Å²) in [7, 11) is 0. The molecule has 5 heteroatoms. The topological polar surface area (TPSA) is 63.4 Å². The van der Waals surface area contributed by atoms with Gasteiger partial charge in [0.2, 0.25) is 11.8 Å². The minimum absolute atomic E-state index is 0.0845. The Labute approximate surface area is 113 Å². The van der Waals surface area contributed by atoms with Crippen molar-refractivity contribution in [2.45, 2.75) is 45.6 Å². The summed E-state index contributed by atoms with van der Waals surface area (Å²) in [5.74, 6) is 0.0487. The summed E-state index contributed by atoms with van der Waals surface area (Å²) in [5, 5.41) is 0. The molecular formula is C13H20N2O2S. The van der Waals surface area contributed by atoms with Crippen LogP contribution in [0.4, 0.5) is 0 Å². The molecule has 2 rings (SSSR count). The Morgan fingerprint density at radius 3 is 2.11 bits per heavy atom. The normalized spacial score (nSPS) is 31.9. The third-order valence-corrected chi connectivity index (χ3v) is 4.97. The van der Waals surface area contributed by atoms with Gasteiger partial charge in [0.15, 0.2) is 0 Å². The SMILES string of the molecule is CCC1CC2C(=O)N(C(C)(C)C(N)=S)C(=O)C2C1. The first kappa shape index (κ1) is 13.5. The van der Waals surface area contributed by atoms with Crippen LogP contribution in [0.15, 0.2) is 0 Å². The summed E-state index contributed by atoms with van der Waals surface area (Å²) in [5.41, 5.74) is 4.81. The van der Waals surface area contributed by atoms with Gasteiger partial charge in [-0.2, -0.15) is 0 Å². The first-order valence-electron chi connectivity index (χ1n) is 6.48. The van der Waals surface area contributed by atoms with Crippen molar-refractivity contribution in [3.63, 3.8) is 0 Å². The van der Waals surface area contributed by atoms with Crippen molar-refractivity contribution in [3.05, 3.63) is 0 Å². The van der Waals surface area contributed by atoms with Crippen molar-refractivity contribution in [2.75, 3.05) is 0 Å². The van der Waals surface area contributed by atoms with Crippen LogP contribution in [0.5, 0.6) is 0 Å².